The normalized spacial score (nSPS) is 17.7. The van der Waals surface area contributed by atoms with E-state index in [0.29, 0.717) is 0 Å². The van der Waals surface area contributed by atoms with Crippen molar-refractivity contribution in [2.75, 3.05) is 26.7 Å². The van der Waals surface area contributed by atoms with Gasteiger partial charge in [0, 0.05) is 30.9 Å². The molecule has 1 fully saturated rings. The van der Waals surface area contributed by atoms with Crippen molar-refractivity contribution in [2.45, 2.75) is 19.9 Å². The SMILES string of the molecule is Cc1cc(C)n(-c2ccc(C(=O)N3CCN(C)C[C@H]3c3ccccc3)cc2)n1. The molecule has 2 heterocycles. The van der Waals surface area contributed by atoms with Crippen LogP contribution >= 0.6 is 0 Å². The summed E-state index contributed by atoms with van der Waals surface area (Å²) in [6.45, 7) is 6.48. The molecule has 1 aliphatic rings. The van der Waals surface area contributed by atoms with E-state index < -0.39 is 0 Å². The van der Waals surface area contributed by atoms with Gasteiger partial charge in [0.05, 0.1) is 17.4 Å². The molecular formula is C23H26N4O. The van der Waals surface area contributed by atoms with Crippen molar-refractivity contribution in [1.82, 2.24) is 19.6 Å². The summed E-state index contributed by atoms with van der Waals surface area (Å²) in [5.74, 6) is 0.0851. The summed E-state index contributed by atoms with van der Waals surface area (Å²) in [6, 6.07) is 20.2. The number of benzene rings is 2. The van der Waals surface area contributed by atoms with Gasteiger partial charge in [0.1, 0.15) is 0 Å². The van der Waals surface area contributed by atoms with E-state index in [4.69, 9.17) is 0 Å². The molecule has 2 aromatic carbocycles. The quantitative estimate of drug-likeness (QED) is 0.703. The third-order valence-corrected chi connectivity index (χ3v) is 5.40. The van der Waals surface area contributed by atoms with Crippen molar-refractivity contribution in [3.63, 3.8) is 0 Å². The second kappa shape index (κ2) is 7.60. The Bertz CT molecular complexity index is 962. The van der Waals surface area contributed by atoms with Gasteiger partial charge in [-0.25, -0.2) is 4.68 Å². The van der Waals surface area contributed by atoms with Crippen LogP contribution < -0.4 is 0 Å². The summed E-state index contributed by atoms with van der Waals surface area (Å²) in [7, 11) is 2.11. The Morgan fingerprint density at radius 3 is 2.36 bits per heavy atom. The minimum absolute atomic E-state index is 0.0723. The molecule has 0 saturated carbocycles. The lowest BCUT2D eigenvalue weighted by atomic mass is 10.0. The maximum Gasteiger partial charge on any atom is 0.254 e. The molecule has 1 aromatic heterocycles. The predicted octanol–water partition coefficient (Wildman–Crippen LogP) is 3.62. The Labute approximate surface area is 166 Å². The highest BCUT2D eigenvalue weighted by atomic mass is 16.2. The van der Waals surface area contributed by atoms with Crippen LogP contribution in [-0.2, 0) is 0 Å². The Kier molecular flexibility index (Phi) is 5.01. The second-order valence-electron chi connectivity index (χ2n) is 7.57. The number of hydrogen-bond acceptors (Lipinski definition) is 3. The van der Waals surface area contributed by atoms with Gasteiger partial charge < -0.3 is 9.80 Å². The molecule has 0 aliphatic carbocycles. The molecule has 0 radical (unpaired) electrons. The van der Waals surface area contributed by atoms with Crippen molar-refractivity contribution >= 4 is 5.91 Å². The molecule has 1 atom stereocenters. The van der Waals surface area contributed by atoms with E-state index in [-0.39, 0.29) is 11.9 Å². The van der Waals surface area contributed by atoms with E-state index in [1.165, 1.54) is 5.56 Å². The Balaban J connectivity index is 1.59. The van der Waals surface area contributed by atoms with E-state index in [9.17, 15) is 4.79 Å². The minimum atomic E-state index is 0.0723. The Morgan fingerprint density at radius 1 is 1.00 bits per heavy atom. The van der Waals surface area contributed by atoms with Crippen LogP contribution in [0.1, 0.15) is 33.4 Å². The van der Waals surface area contributed by atoms with Crippen molar-refractivity contribution < 1.29 is 4.79 Å². The molecule has 0 spiro atoms. The van der Waals surface area contributed by atoms with Gasteiger partial charge in [-0.1, -0.05) is 30.3 Å². The highest BCUT2D eigenvalue weighted by Crippen LogP contribution is 2.27. The maximum atomic E-state index is 13.3. The zero-order valence-corrected chi connectivity index (χ0v) is 16.7. The first-order valence-electron chi connectivity index (χ1n) is 9.71. The number of likely N-dealkylation sites (N-methyl/N-ethyl adjacent to an activating group) is 1. The first kappa shape index (κ1) is 18.4. The summed E-state index contributed by atoms with van der Waals surface area (Å²) in [5, 5.41) is 4.52. The van der Waals surface area contributed by atoms with Crippen LogP contribution in [0.4, 0.5) is 0 Å². The zero-order valence-electron chi connectivity index (χ0n) is 16.7. The van der Waals surface area contributed by atoms with Crippen LogP contribution in [0.15, 0.2) is 60.7 Å². The van der Waals surface area contributed by atoms with Crippen molar-refractivity contribution in [3.8, 4) is 5.69 Å². The number of rotatable bonds is 3. The van der Waals surface area contributed by atoms with Gasteiger partial charge in [-0.15, -0.1) is 0 Å². The molecular weight excluding hydrogens is 348 g/mol. The molecule has 1 saturated heterocycles. The van der Waals surface area contributed by atoms with Gasteiger partial charge in [-0.3, -0.25) is 4.79 Å². The van der Waals surface area contributed by atoms with Crippen LogP contribution in [0, 0.1) is 13.8 Å². The lowest BCUT2D eigenvalue weighted by Gasteiger charge is -2.40. The molecule has 0 N–H and O–H groups in total. The Morgan fingerprint density at radius 2 is 1.71 bits per heavy atom. The standard InChI is InChI=1S/C23H26N4O/c1-17-15-18(2)27(24-17)21-11-9-20(10-12-21)23(28)26-14-13-25(3)16-22(26)19-7-5-4-6-8-19/h4-12,15,22H,13-14,16H2,1-3H3/t22-/m0/s1. The molecule has 144 valence electrons. The lowest BCUT2D eigenvalue weighted by molar-refractivity contribution is 0.0498. The molecule has 5 heteroatoms. The third kappa shape index (κ3) is 3.58. The van der Waals surface area contributed by atoms with Gasteiger partial charge in [-0.05, 0) is 56.8 Å². The number of amides is 1. The molecule has 0 bridgehead atoms. The van der Waals surface area contributed by atoms with Crippen LogP contribution in [0.5, 0.6) is 0 Å². The monoisotopic (exact) mass is 374 g/mol. The lowest BCUT2D eigenvalue weighted by Crippen LogP contribution is -2.49. The summed E-state index contributed by atoms with van der Waals surface area (Å²) in [6.07, 6.45) is 0. The van der Waals surface area contributed by atoms with Crippen LogP contribution in [0.25, 0.3) is 5.69 Å². The first-order chi connectivity index (χ1) is 13.5. The van der Waals surface area contributed by atoms with Gasteiger partial charge in [0.15, 0.2) is 0 Å². The van der Waals surface area contributed by atoms with Crippen LogP contribution in [0.3, 0.4) is 0 Å². The molecule has 1 amide bonds. The van der Waals surface area contributed by atoms with E-state index >= 15 is 0 Å². The number of nitrogens with zero attached hydrogens (tertiary/aromatic N) is 4. The third-order valence-electron chi connectivity index (χ3n) is 5.40. The van der Waals surface area contributed by atoms with Gasteiger partial charge >= 0.3 is 0 Å². The van der Waals surface area contributed by atoms with Gasteiger partial charge in [0.2, 0.25) is 0 Å². The molecule has 28 heavy (non-hydrogen) atoms. The summed E-state index contributed by atoms with van der Waals surface area (Å²) < 4.78 is 1.91. The van der Waals surface area contributed by atoms with Crippen molar-refractivity contribution in [1.29, 1.82) is 0 Å². The minimum Gasteiger partial charge on any atom is -0.329 e. The van der Waals surface area contributed by atoms with Gasteiger partial charge in [0.25, 0.3) is 5.91 Å². The summed E-state index contributed by atoms with van der Waals surface area (Å²) >= 11 is 0. The number of piperazine rings is 1. The van der Waals surface area contributed by atoms with Crippen LogP contribution in [-0.4, -0.2) is 52.2 Å². The number of aryl methyl sites for hydroxylation is 2. The molecule has 3 aromatic rings. The summed E-state index contributed by atoms with van der Waals surface area (Å²) in [4.78, 5) is 17.6. The largest absolute Gasteiger partial charge is 0.329 e. The van der Waals surface area contributed by atoms with Gasteiger partial charge in [-0.2, -0.15) is 5.10 Å². The number of carbonyl (C=O) groups excluding carboxylic acids is 1. The van der Waals surface area contributed by atoms with E-state index in [1.54, 1.807) is 0 Å². The molecule has 4 rings (SSSR count). The molecule has 0 unspecified atom stereocenters. The van der Waals surface area contributed by atoms with Crippen molar-refractivity contribution in [3.05, 3.63) is 83.2 Å². The van der Waals surface area contributed by atoms with Crippen LogP contribution in [0.2, 0.25) is 0 Å². The highest BCUT2D eigenvalue weighted by Gasteiger charge is 2.30. The number of carbonyl (C=O) groups is 1. The Hall–Kier alpha value is -2.92. The summed E-state index contributed by atoms with van der Waals surface area (Å²) in [5.41, 5.74) is 4.94. The topological polar surface area (TPSA) is 41.4 Å². The first-order valence-corrected chi connectivity index (χ1v) is 9.71. The fourth-order valence-corrected chi connectivity index (χ4v) is 3.92. The average molecular weight is 374 g/mol. The molecule has 5 nitrogen and oxygen atoms in total. The average Bonchev–Trinajstić information content (AvgIpc) is 3.06. The van der Waals surface area contributed by atoms with E-state index in [1.807, 2.05) is 72.0 Å². The molecule has 1 aliphatic heterocycles. The van der Waals surface area contributed by atoms with Crippen molar-refractivity contribution in [2.24, 2.45) is 0 Å². The number of aromatic nitrogens is 2. The second-order valence-corrected chi connectivity index (χ2v) is 7.57. The number of hydrogen-bond donors (Lipinski definition) is 0. The fraction of sp³-hybridized carbons (Fsp3) is 0.304. The highest BCUT2D eigenvalue weighted by molar-refractivity contribution is 5.94. The maximum absolute atomic E-state index is 13.3. The van der Waals surface area contributed by atoms with E-state index in [0.717, 1.165) is 42.3 Å². The fourth-order valence-electron chi connectivity index (χ4n) is 3.92. The predicted molar refractivity (Wildman–Crippen MR) is 111 cm³/mol. The smallest absolute Gasteiger partial charge is 0.254 e. The van der Waals surface area contributed by atoms with E-state index in [2.05, 4.69) is 29.2 Å². The zero-order chi connectivity index (χ0) is 19.7.